The Balaban J connectivity index is 0.00000210. The fourth-order valence-corrected chi connectivity index (χ4v) is 3.94. The predicted octanol–water partition coefficient (Wildman–Crippen LogP) is 5.53. The number of benzene rings is 2. The van der Waals surface area contributed by atoms with E-state index in [-0.39, 0.29) is 18.0 Å². The van der Waals surface area contributed by atoms with Gasteiger partial charge in [-0.2, -0.15) is 0 Å². The van der Waals surface area contributed by atoms with Gasteiger partial charge in [-0.25, -0.2) is 14.8 Å². The van der Waals surface area contributed by atoms with Crippen LogP contribution in [0.25, 0.3) is 21.3 Å². The predicted molar refractivity (Wildman–Crippen MR) is 112 cm³/mol. The first-order valence-electron chi connectivity index (χ1n) is 8.03. The monoisotopic (exact) mass is 397 g/mol. The number of thiophene rings is 1. The van der Waals surface area contributed by atoms with Crippen LogP contribution in [0.4, 0.5) is 11.5 Å². The molecule has 0 atom stereocenters. The molecular weight excluding hydrogens is 382 g/mol. The summed E-state index contributed by atoms with van der Waals surface area (Å²) in [6, 6.07) is 16.8. The number of anilines is 2. The number of nitrogens with zero attached hydrogens (tertiary/aromatic N) is 2. The van der Waals surface area contributed by atoms with Gasteiger partial charge in [0.2, 0.25) is 0 Å². The lowest BCUT2D eigenvalue weighted by atomic mass is 10.0. The number of aromatic nitrogens is 2. The van der Waals surface area contributed by atoms with Gasteiger partial charge in [0, 0.05) is 16.1 Å². The quantitative estimate of drug-likeness (QED) is 0.473. The Labute approximate surface area is 166 Å². The van der Waals surface area contributed by atoms with E-state index in [9.17, 15) is 4.79 Å². The van der Waals surface area contributed by atoms with Crippen molar-refractivity contribution in [2.75, 3.05) is 5.32 Å². The molecule has 4 aromatic rings. The molecule has 2 heterocycles. The number of hydrogen-bond acceptors (Lipinski definition) is 5. The molecule has 5 nitrogen and oxygen atoms in total. The summed E-state index contributed by atoms with van der Waals surface area (Å²) in [6.45, 7) is 2.08. The molecule has 0 aliphatic carbocycles. The standard InChI is InChI=1S/C20H15N3O2S.ClH/c1-12-16(13-5-3-2-4-6-13)17-18(21-11-22-19(17)26-12)23-15-9-7-14(8-10-15)20(24)25;/h2-11H,1H3,(H,24,25)(H,21,22,23);1H. The number of carboxylic acids is 1. The summed E-state index contributed by atoms with van der Waals surface area (Å²) in [5.41, 5.74) is 3.27. The smallest absolute Gasteiger partial charge is 0.335 e. The Bertz CT molecular complexity index is 1100. The van der Waals surface area contributed by atoms with E-state index in [1.165, 1.54) is 4.88 Å². The summed E-state index contributed by atoms with van der Waals surface area (Å²) < 4.78 is 0. The Kier molecular flexibility index (Phi) is 5.39. The topological polar surface area (TPSA) is 75.1 Å². The summed E-state index contributed by atoms with van der Waals surface area (Å²) in [7, 11) is 0. The van der Waals surface area contributed by atoms with E-state index in [0.717, 1.165) is 27.0 Å². The highest BCUT2D eigenvalue weighted by Gasteiger charge is 2.16. The number of hydrogen-bond donors (Lipinski definition) is 2. The fraction of sp³-hybridized carbons (Fsp3) is 0.0500. The van der Waals surface area contributed by atoms with E-state index in [1.54, 1.807) is 41.9 Å². The van der Waals surface area contributed by atoms with Crippen LogP contribution in [-0.4, -0.2) is 21.0 Å². The van der Waals surface area contributed by atoms with Crippen LogP contribution in [0, 0.1) is 6.92 Å². The number of fused-ring (bicyclic) bond motifs is 1. The van der Waals surface area contributed by atoms with Gasteiger partial charge in [0.1, 0.15) is 17.0 Å². The molecule has 0 spiro atoms. The van der Waals surface area contributed by atoms with Crippen LogP contribution in [0.1, 0.15) is 15.2 Å². The Morgan fingerprint density at radius 3 is 2.41 bits per heavy atom. The number of carbonyl (C=O) groups is 1. The molecule has 0 fully saturated rings. The second-order valence-electron chi connectivity index (χ2n) is 5.81. The van der Waals surface area contributed by atoms with Crippen molar-refractivity contribution in [1.29, 1.82) is 0 Å². The molecule has 0 radical (unpaired) electrons. The van der Waals surface area contributed by atoms with Gasteiger partial charge in [0.25, 0.3) is 0 Å². The number of rotatable bonds is 4. The van der Waals surface area contributed by atoms with Gasteiger partial charge >= 0.3 is 5.97 Å². The summed E-state index contributed by atoms with van der Waals surface area (Å²) >= 11 is 1.64. The molecular formula is C20H16ClN3O2S. The third-order valence-corrected chi connectivity index (χ3v) is 5.13. The average Bonchev–Trinajstić information content (AvgIpc) is 3.00. The van der Waals surface area contributed by atoms with E-state index in [4.69, 9.17) is 5.11 Å². The minimum absolute atomic E-state index is 0. The largest absolute Gasteiger partial charge is 0.478 e. The maximum absolute atomic E-state index is 11.0. The third-order valence-electron chi connectivity index (χ3n) is 4.12. The molecule has 4 rings (SSSR count). The first-order chi connectivity index (χ1) is 12.6. The molecule has 2 aromatic heterocycles. The van der Waals surface area contributed by atoms with Gasteiger partial charge in [-0.15, -0.1) is 23.7 Å². The highest BCUT2D eigenvalue weighted by molar-refractivity contribution is 7.19. The van der Waals surface area contributed by atoms with Gasteiger partial charge in [-0.1, -0.05) is 30.3 Å². The molecule has 7 heteroatoms. The molecule has 2 N–H and O–H groups in total. The van der Waals surface area contributed by atoms with Crippen LogP contribution >= 0.6 is 23.7 Å². The van der Waals surface area contributed by atoms with Gasteiger partial charge < -0.3 is 10.4 Å². The summed E-state index contributed by atoms with van der Waals surface area (Å²) in [6.07, 6.45) is 1.54. The molecule has 2 aromatic carbocycles. The average molecular weight is 398 g/mol. The van der Waals surface area contributed by atoms with Crippen molar-refractivity contribution in [3.63, 3.8) is 0 Å². The van der Waals surface area contributed by atoms with Crippen LogP contribution in [-0.2, 0) is 0 Å². The van der Waals surface area contributed by atoms with Gasteiger partial charge in [0.15, 0.2) is 0 Å². The normalized spacial score (nSPS) is 10.4. The summed E-state index contributed by atoms with van der Waals surface area (Å²) in [5.74, 6) is -0.234. The highest BCUT2D eigenvalue weighted by Crippen LogP contribution is 2.40. The van der Waals surface area contributed by atoms with Crippen LogP contribution in [0.3, 0.4) is 0 Å². The van der Waals surface area contributed by atoms with Gasteiger partial charge in [-0.3, -0.25) is 0 Å². The van der Waals surface area contributed by atoms with Gasteiger partial charge in [0.05, 0.1) is 10.9 Å². The van der Waals surface area contributed by atoms with Crippen molar-refractivity contribution in [2.45, 2.75) is 6.92 Å². The van der Waals surface area contributed by atoms with Crippen molar-refractivity contribution >= 4 is 51.4 Å². The minimum atomic E-state index is -0.944. The molecule has 27 heavy (non-hydrogen) atoms. The molecule has 0 amide bonds. The van der Waals surface area contributed by atoms with E-state index in [1.807, 2.05) is 18.2 Å². The first kappa shape index (κ1) is 18.8. The van der Waals surface area contributed by atoms with Gasteiger partial charge in [-0.05, 0) is 36.8 Å². The first-order valence-corrected chi connectivity index (χ1v) is 8.85. The Morgan fingerprint density at radius 1 is 1.04 bits per heavy atom. The van der Waals surface area contributed by atoms with Crippen molar-refractivity contribution in [1.82, 2.24) is 9.97 Å². The minimum Gasteiger partial charge on any atom is -0.478 e. The number of nitrogens with one attached hydrogen (secondary N) is 1. The van der Waals surface area contributed by atoms with Crippen molar-refractivity contribution < 1.29 is 9.90 Å². The number of aryl methyl sites for hydroxylation is 1. The number of aromatic carboxylic acids is 1. The zero-order valence-electron chi connectivity index (χ0n) is 14.3. The van der Waals surface area contributed by atoms with Crippen molar-refractivity contribution in [2.24, 2.45) is 0 Å². The molecule has 0 saturated heterocycles. The number of halogens is 1. The number of carboxylic acid groups (broad SMARTS) is 1. The van der Waals surface area contributed by atoms with Crippen LogP contribution in [0.15, 0.2) is 60.9 Å². The second-order valence-corrected chi connectivity index (χ2v) is 7.01. The van der Waals surface area contributed by atoms with Crippen LogP contribution < -0.4 is 5.32 Å². The van der Waals surface area contributed by atoms with E-state index in [0.29, 0.717) is 5.82 Å². The third kappa shape index (κ3) is 3.63. The van der Waals surface area contributed by atoms with E-state index < -0.39 is 5.97 Å². The highest BCUT2D eigenvalue weighted by atomic mass is 35.5. The Morgan fingerprint density at radius 2 is 1.74 bits per heavy atom. The molecule has 0 bridgehead atoms. The SMILES string of the molecule is Cc1sc2ncnc(Nc3ccc(C(=O)O)cc3)c2c1-c1ccccc1.Cl. The zero-order chi connectivity index (χ0) is 18.1. The fourth-order valence-electron chi connectivity index (χ4n) is 2.92. The molecule has 0 aliphatic heterocycles. The van der Waals surface area contributed by atoms with Crippen molar-refractivity contribution in [3.05, 3.63) is 71.4 Å². The second kappa shape index (κ2) is 7.73. The molecule has 0 unspecified atom stereocenters. The van der Waals surface area contributed by atoms with Crippen LogP contribution in [0.2, 0.25) is 0 Å². The lowest BCUT2D eigenvalue weighted by Crippen LogP contribution is -1.98. The maximum atomic E-state index is 11.0. The zero-order valence-corrected chi connectivity index (χ0v) is 16.0. The summed E-state index contributed by atoms with van der Waals surface area (Å²) in [4.78, 5) is 21.9. The lowest BCUT2D eigenvalue weighted by molar-refractivity contribution is 0.0697. The van der Waals surface area contributed by atoms with Crippen LogP contribution in [0.5, 0.6) is 0 Å². The van der Waals surface area contributed by atoms with E-state index >= 15 is 0 Å². The Hall–Kier alpha value is -2.96. The summed E-state index contributed by atoms with van der Waals surface area (Å²) in [5, 5.41) is 13.3. The lowest BCUT2D eigenvalue weighted by Gasteiger charge is -2.09. The molecule has 0 saturated carbocycles. The molecule has 136 valence electrons. The maximum Gasteiger partial charge on any atom is 0.335 e. The molecule has 0 aliphatic rings. The van der Waals surface area contributed by atoms with Crippen molar-refractivity contribution in [3.8, 4) is 11.1 Å². The van der Waals surface area contributed by atoms with E-state index in [2.05, 4.69) is 34.3 Å².